The highest BCUT2D eigenvalue weighted by Crippen LogP contribution is 2.22. The minimum absolute atomic E-state index is 0.0586. The number of hydrogen-bond acceptors (Lipinski definition) is 4. The topological polar surface area (TPSA) is 84.1 Å². The number of carbonyl (C=O) groups is 1. The number of halogens is 1. The molecule has 2 N–H and O–H groups in total. The predicted molar refractivity (Wildman–Crippen MR) is 111 cm³/mol. The molecule has 0 saturated heterocycles. The van der Waals surface area contributed by atoms with Gasteiger partial charge in [-0.05, 0) is 48.0 Å². The molecule has 0 aliphatic heterocycles. The van der Waals surface area contributed by atoms with Crippen LogP contribution in [0, 0.1) is 5.82 Å². The van der Waals surface area contributed by atoms with Crippen molar-refractivity contribution >= 4 is 16.7 Å². The average Bonchev–Trinajstić information content (AvgIpc) is 2.77. The maximum atomic E-state index is 13.0. The molecule has 1 aromatic heterocycles. The van der Waals surface area contributed by atoms with Gasteiger partial charge in [0.2, 0.25) is 5.91 Å². The first-order chi connectivity index (χ1) is 14.6. The first kappa shape index (κ1) is 19.3. The fourth-order valence-electron chi connectivity index (χ4n) is 3.04. The van der Waals surface area contributed by atoms with Gasteiger partial charge in [-0.3, -0.25) is 9.59 Å². The Morgan fingerprint density at radius 3 is 2.27 bits per heavy atom. The number of rotatable bonds is 6. The number of ether oxygens (including phenoxy) is 1. The molecule has 0 bridgehead atoms. The highest BCUT2D eigenvalue weighted by Gasteiger charge is 2.10. The van der Waals surface area contributed by atoms with Gasteiger partial charge in [0.05, 0.1) is 17.5 Å². The molecule has 150 valence electrons. The van der Waals surface area contributed by atoms with Crippen molar-refractivity contribution in [3.05, 3.63) is 100 Å². The molecule has 0 radical (unpaired) electrons. The lowest BCUT2D eigenvalue weighted by molar-refractivity contribution is -0.120. The van der Waals surface area contributed by atoms with E-state index in [1.165, 1.54) is 12.1 Å². The Morgan fingerprint density at radius 1 is 0.933 bits per heavy atom. The van der Waals surface area contributed by atoms with E-state index >= 15 is 0 Å². The maximum Gasteiger partial charge on any atom is 0.272 e. The van der Waals surface area contributed by atoms with Crippen LogP contribution in [0.15, 0.2) is 77.6 Å². The molecule has 0 unspecified atom stereocenters. The smallest absolute Gasteiger partial charge is 0.272 e. The molecule has 0 aliphatic rings. The van der Waals surface area contributed by atoms with Gasteiger partial charge >= 0.3 is 0 Å². The molecule has 1 heterocycles. The second kappa shape index (κ2) is 8.57. The van der Waals surface area contributed by atoms with Crippen molar-refractivity contribution in [2.75, 3.05) is 0 Å². The Balaban J connectivity index is 1.36. The Kier molecular flexibility index (Phi) is 5.52. The highest BCUT2D eigenvalue weighted by atomic mass is 19.1. The zero-order valence-corrected chi connectivity index (χ0v) is 15.9. The SMILES string of the molecule is O=C(Cc1n[nH]c(=O)c2ccccc12)NCc1ccc(Oc2ccc(F)cc2)cc1. The minimum atomic E-state index is -0.321. The zero-order chi connectivity index (χ0) is 20.9. The molecule has 30 heavy (non-hydrogen) atoms. The molecule has 0 atom stereocenters. The molecular weight excluding hydrogens is 385 g/mol. The minimum Gasteiger partial charge on any atom is -0.457 e. The number of nitrogens with one attached hydrogen (secondary N) is 2. The monoisotopic (exact) mass is 403 g/mol. The standard InChI is InChI=1S/C23H18FN3O3/c24-16-7-11-18(12-8-16)30-17-9-5-15(6-10-17)14-25-22(28)13-21-19-3-1-2-4-20(19)23(29)27-26-21/h1-12H,13-14H2,(H,25,28)(H,27,29). The highest BCUT2D eigenvalue weighted by molar-refractivity contribution is 5.88. The molecule has 0 spiro atoms. The van der Waals surface area contributed by atoms with Crippen molar-refractivity contribution in [3.8, 4) is 11.5 Å². The molecule has 4 aromatic rings. The summed E-state index contributed by atoms with van der Waals surface area (Å²) in [5.41, 5.74) is 1.14. The number of H-pyrrole nitrogens is 1. The zero-order valence-electron chi connectivity index (χ0n) is 15.9. The Hall–Kier alpha value is -4.00. The molecule has 7 heteroatoms. The number of benzene rings is 3. The van der Waals surface area contributed by atoms with E-state index in [1.54, 1.807) is 48.5 Å². The summed E-state index contributed by atoms with van der Waals surface area (Å²) in [6.45, 7) is 0.344. The van der Waals surface area contributed by atoms with Crippen LogP contribution in [-0.4, -0.2) is 16.1 Å². The van der Waals surface area contributed by atoms with Gasteiger partial charge in [0, 0.05) is 11.9 Å². The van der Waals surface area contributed by atoms with E-state index in [1.807, 2.05) is 12.1 Å². The lowest BCUT2D eigenvalue weighted by Gasteiger charge is -2.09. The van der Waals surface area contributed by atoms with Crippen LogP contribution in [-0.2, 0) is 17.8 Å². The number of amides is 1. The third kappa shape index (κ3) is 4.52. The van der Waals surface area contributed by atoms with Crippen LogP contribution in [0.25, 0.3) is 10.8 Å². The Bertz CT molecular complexity index is 1240. The van der Waals surface area contributed by atoms with E-state index in [2.05, 4.69) is 15.5 Å². The first-order valence-corrected chi connectivity index (χ1v) is 9.34. The fraction of sp³-hybridized carbons (Fsp3) is 0.0870. The lowest BCUT2D eigenvalue weighted by atomic mass is 10.1. The van der Waals surface area contributed by atoms with Gasteiger partial charge in [-0.2, -0.15) is 5.10 Å². The number of hydrogen-bond donors (Lipinski definition) is 2. The molecule has 1 amide bonds. The molecule has 3 aromatic carbocycles. The van der Waals surface area contributed by atoms with Gasteiger partial charge in [0.1, 0.15) is 17.3 Å². The lowest BCUT2D eigenvalue weighted by Crippen LogP contribution is -2.25. The van der Waals surface area contributed by atoms with Crippen molar-refractivity contribution in [1.82, 2.24) is 15.5 Å². The largest absolute Gasteiger partial charge is 0.457 e. The molecule has 4 rings (SSSR count). The van der Waals surface area contributed by atoms with E-state index in [4.69, 9.17) is 4.74 Å². The summed E-state index contributed by atoms with van der Waals surface area (Å²) < 4.78 is 18.6. The van der Waals surface area contributed by atoms with Crippen molar-refractivity contribution in [2.24, 2.45) is 0 Å². The van der Waals surface area contributed by atoms with Crippen LogP contribution < -0.4 is 15.6 Å². The van der Waals surface area contributed by atoms with E-state index in [0.29, 0.717) is 34.5 Å². The van der Waals surface area contributed by atoms with Crippen molar-refractivity contribution in [2.45, 2.75) is 13.0 Å². The van der Waals surface area contributed by atoms with Crippen LogP contribution in [0.4, 0.5) is 4.39 Å². The van der Waals surface area contributed by atoms with Crippen LogP contribution >= 0.6 is 0 Å². The number of nitrogens with zero attached hydrogens (tertiary/aromatic N) is 1. The van der Waals surface area contributed by atoms with Crippen LogP contribution in [0.3, 0.4) is 0 Å². The summed E-state index contributed by atoms with van der Waals surface area (Å²) in [5, 5.41) is 10.5. The Labute approximate surface area is 171 Å². The van der Waals surface area contributed by atoms with Crippen LogP contribution in [0.1, 0.15) is 11.3 Å². The summed E-state index contributed by atoms with van der Waals surface area (Å²) >= 11 is 0. The van der Waals surface area contributed by atoms with Crippen molar-refractivity contribution in [1.29, 1.82) is 0 Å². The normalized spacial score (nSPS) is 10.7. The molecule has 0 saturated carbocycles. The fourth-order valence-corrected chi connectivity index (χ4v) is 3.04. The van der Waals surface area contributed by atoms with Gasteiger partial charge in [0.25, 0.3) is 5.56 Å². The molecule has 6 nitrogen and oxygen atoms in total. The van der Waals surface area contributed by atoms with E-state index in [-0.39, 0.29) is 23.7 Å². The van der Waals surface area contributed by atoms with Gasteiger partial charge < -0.3 is 10.1 Å². The third-order valence-corrected chi connectivity index (χ3v) is 4.57. The molecular formula is C23H18FN3O3. The Morgan fingerprint density at radius 2 is 1.57 bits per heavy atom. The second-order valence-corrected chi connectivity index (χ2v) is 6.70. The third-order valence-electron chi connectivity index (χ3n) is 4.57. The quantitative estimate of drug-likeness (QED) is 0.514. The summed E-state index contributed by atoms with van der Waals surface area (Å²) in [6, 6.07) is 20.1. The predicted octanol–water partition coefficient (Wildman–Crippen LogP) is 3.71. The van der Waals surface area contributed by atoms with Crippen molar-refractivity contribution < 1.29 is 13.9 Å². The van der Waals surface area contributed by atoms with Gasteiger partial charge in [-0.15, -0.1) is 0 Å². The number of fused-ring (bicyclic) bond motifs is 1. The summed E-state index contributed by atoms with van der Waals surface area (Å²) in [5.74, 6) is 0.628. The number of aromatic nitrogens is 2. The van der Waals surface area contributed by atoms with Gasteiger partial charge in [-0.25, -0.2) is 9.49 Å². The van der Waals surface area contributed by atoms with E-state index in [0.717, 1.165) is 5.56 Å². The van der Waals surface area contributed by atoms with E-state index < -0.39 is 0 Å². The average molecular weight is 403 g/mol. The molecule has 0 aliphatic carbocycles. The van der Waals surface area contributed by atoms with Crippen LogP contribution in [0.2, 0.25) is 0 Å². The summed E-state index contributed by atoms with van der Waals surface area (Å²) in [7, 11) is 0. The first-order valence-electron chi connectivity index (χ1n) is 9.34. The maximum absolute atomic E-state index is 13.0. The van der Waals surface area contributed by atoms with Crippen molar-refractivity contribution in [3.63, 3.8) is 0 Å². The summed E-state index contributed by atoms with van der Waals surface area (Å²) in [4.78, 5) is 24.2. The van der Waals surface area contributed by atoms with Gasteiger partial charge in [0.15, 0.2) is 0 Å². The van der Waals surface area contributed by atoms with E-state index in [9.17, 15) is 14.0 Å². The summed E-state index contributed by atoms with van der Waals surface area (Å²) in [6.07, 6.45) is 0.0586. The second-order valence-electron chi connectivity index (χ2n) is 6.70. The van der Waals surface area contributed by atoms with Crippen LogP contribution in [0.5, 0.6) is 11.5 Å². The van der Waals surface area contributed by atoms with Gasteiger partial charge in [-0.1, -0.05) is 30.3 Å². The number of carbonyl (C=O) groups excluding carboxylic acids is 1. The number of aromatic amines is 1. The molecule has 0 fully saturated rings.